The van der Waals surface area contributed by atoms with E-state index in [0.29, 0.717) is 33.6 Å². The van der Waals surface area contributed by atoms with Gasteiger partial charge in [-0.2, -0.15) is 8.78 Å². The number of alkyl halides is 2. The van der Waals surface area contributed by atoms with Crippen LogP contribution in [-0.4, -0.2) is 19.1 Å². The first-order chi connectivity index (χ1) is 13.9. The summed E-state index contributed by atoms with van der Waals surface area (Å²) in [5, 5.41) is 0.555. The molecule has 2 heterocycles. The predicted octanol–water partition coefficient (Wildman–Crippen LogP) is 5.78. The lowest BCUT2D eigenvalue weighted by molar-refractivity contribution is 0.0715. The van der Waals surface area contributed by atoms with Crippen molar-refractivity contribution < 1.29 is 8.78 Å². The van der Waals surface area contributed by atoms with Crippen LogP contribution in [-0.2, 0) is 6.54 Å². The third-order valence-electron chi connectivity index (χ3n) is 4.66. The molecule has 4 rings (SSSR count). The van der Waals surface area contributed by atoms with Crippen LogP contribution in [0.3, 0.4) is 0 Å². The average molecular weight is 479 g/mol. The number of benzene rings is 2. The first-order valence-corrected chi connectivity index (χ1v) is 10.7. The Hall–Kier alpha value is -2.26. The molecular weight excluding hydrogens is 462 g/mol. The van der Waals surface area contributed by atoms with Gasteiger partial charge < -0.3 is 0 Å². The van der Waals surface area contributed by atoms with E-state index in [2.05, 4.69) is 25.9 Å². The molecule has 0 spiro atoms. The Bertz CT molecular complexity index is 1270. The van der Waals surface area contributed by atoms with Gasteiger partial charge in [0.25, 0.3) is 5.56 Å². The summed E-state index contributed by atoms with van der Waals surface area (Å²) in [5.41, 5.74) is 1.31. The van der Waals surface area contributed by atoms with Crippen molar-refractivity contribution in [1.82, 2.24) is 19.1 Å². The maximum absolute atomic E-state index is 13.8. The first-order valence-electron chi connectivity index (χ1n) is 9.02. The van der Waals surface area contributed by atoms with Crippen LogP contribution < -0.4 is 5.56 Å². The molecule has 2 aromatic heterocycles. The van der Waals surface area contributed by atoms with Gasteiger partial charge in [-0.15, -0.1) is 0 Å². The SMILES string of the molecule is CCn1c(SC(C)c2nc3ccccc3n2C(F)F)nc2ccc(Br)cc2c1=O. The lowest BCUT2D eigenvalue weighted by Gasteiger charge is -2.16. The second kappa shape index (κ2) is 7.87. The van der Waals surface area contributed by atoms with Gasteiger partial charge in [-0.05, 0) is 44.2 Å². The van der Waals surface area contributed by atoms with Crippen LogP contribution in [0, 0.1) is 0 Å². The molecule has 29 heavy (non-hydrogen) atoms. The normalized spacial score (nSPS) is 12.9. The molecule has 0 aliphatic rings. The largest absolute Gasteiger partial charge is 0.320 e. The highest BCUT2D eigenvalue weighted by Crippen LogP contribution is 2.37. The molecule has 0 amide bonds. The quantitative estimate of drug-likeness (QED) is 0.269. The van der Waals surface area contributed by atoms with Gasteiger partial charge in [0.2, 0.25) is 0 Å². The number of hydrogen-bond donors (Lipinski definition) is 0. The molecular formula is C20H17BrF2N4OS. The van der Waals surface area contributed by atoms with E-state index < -0.39 is 11.8 Å². The Morgan fingerprint density at radius 2 is 1.90 bits per heavy atom. The van der Waals surface area contributed by atoms with E-state index in [1.807, 2.05) is 13.0 Å². The van der Waals surface area contributed by atoms with Crippen LogP contribution in [0.15, 0.2) is 56.9 Å². The van der Waals surface area contributed by atoms with Gasteiger partial charge in [-0.3, -0.25) is 13.9 Å². The summed E-state index contributed by atoms with van der Waals surface area (Å²) in [7, 11) is 0. The van der Waals surface area contributed by atoms with Crippen LogP contribution in [0.1, 0.15) is 31.5 Å². The van der Waals surface area contributed by atoms with Crippen LogP contribution in [0.25, 0.3) is 21.9 Å². The zero-order valence-corrected chi connectivity index (χ0v) is 18.0. The number of hydrogen-bond acceptors (Lipinski definition) is 4. The van der Waals surface area contributed by atoms with Crippen molar-refractivity contribution in [3.63, 3.8) is 0 Å². The molecule has 150 valence electrons. The fourth-order valence-corrected chi connectivity index (χ4v) is 4.75. The monoisotopic (exact) mass is 478 g/mol. The second-order valence-corrected chi connectivity index (χ2v) is 8.70. The van der Waals surface area contributed by atoms with E-state index in [1.165, 1.54) is 11.8 Å². The molecule has 1 atom stereocenters. The third-order valence-corrected chi connectivity index (χ3v) is 6.24. The highest BCUT2D eigenvalue weighted by atomic mass is 79.9. The molecule has 0 bridgehead atoms. The number of fused-ring (bicyclic) bond motifs is 2. The van der Waals surface area contributed by atoms with E-state index in [1.54, 1.807) is 47.9 Å². The topological polar surface area (TPSA) is 52.7 Å². The van der Waals surface area contributed by atoms with Crippen molar-refractivity contribution in [1.29, 1.82) is 0 Å². The Morgan fingerprint density at radius 1 is 1.14 bits per heavy atom. The van der Waals surface area contributed by atoms with E-state index in [4.69, 9.17) is 0 Å². The fourth-order valence-electron chi connectivity index (χ4n) is 3.31. The third kappa shape index (κ3) is 3.57. The maximum atomic E-state index is 13.8. The molecule has 2 aromatic carbocycles. The van der Waals surface area contributed by atoms with Crippen LogP contribution in [0.2, 0.25) is 0 Å². The van der Waals surface area contributed by atoms with Gasteiger partial charge in [0.1, 0.15) is 5.82 Å². The van der Waals surface area contributed by atoms with Gasteiger partial charge in [0.15, 0.2) is 5.16 Å². The molecule has 0 aliphatic carbocycles. The second-order valence-electron chi connectivity index (χ2n) is 6.47. The van der Waals surface area contributed by atoms with Crippen LogP contribution in [0.4, 0.5) is 8.78 Å². The molecule has 0 saturated heterocycles. The number of para-hydroxylation sites is 2. The zero-order chi connectivity index (χ0) is 20.7. The molecule has 9 heteroatoms. The van der Waals surface area contributed by atoms with Crippen LogP contribution >= 0.6 is 27.7 Å². The van der Waals surface area contributed by atoms with Crippen molar-refractivity contribution in [2.24, 2.45) is 0 Å². The number of thioether (sulfide) groups is 1. The molecule has 4 aromatic rings. The van der Waals surface area contributed by atoms with Gasteiger partial charge in [-0.25, -0.2) is 9.97 Å². The fraction of sp³-hybridized carbons (Fsp3) is 0.250. The molecule has 0 N–H and O–H groups in total. The summed E-state index contributed by atoms with van der Waals surface area (Å²) >= 11 is 4.63. The average Bonchev–Trinajstić information content (AvgIpc) is 3.09. The summed E-state index contributed by atoms with van der Waals surface area (Å²) in [6, 6.07) is 12.1. The Kier molecular flexibility index (Phi) is 5.44. The van der Waals surface area contributed by atoms with Crippen molar-refractivity contribution in [2.45, 2.75) is 37.3 Å². The van der Waals surface area contributed by atoms with Gasteiger partial charge in [0.05, 0.1) is 27.2 Å². The van der Waals surface area contributed by atoms with Gasteiger partial charge in [-0.1, -0.05) is 39.8 Å². The van der Waals surface area contributed by atoms with E-state index in [0.717, 1.165) is 9.04 Å². The molecule has 1 unspecified atom stereocenters. The summed E-state index contributed by atoms with van der Waals surface area (Å²) < 4.78 is 30.9. The lowest BCUT2D eigenvalue weighted by atomic mass is 10.2. The van der Waals surface area contributed by atoms with Crippen molar-refractivity contribution >= 4 is 49.6 Å². The predicted molar refractivity (Wildman–Crippen MR) is 115 cm³/mol. The molecule has 0 radical (unpaired) electrons. The van der Waals surface area contributed by atoms with Crippen molar-refractivity contribution in [3.8, 4) is 0 Å². The Balaban J connectivity index is 1.81. The summed E-state index contributed by atoms with van der Waals surface area (Å²) in [6.45, 7) is 1.36. The number of halogens is 3. The maximum Gasteiger partial charge on any atom is 0.320 e. The zero-order valence-electron chi connectivity index (χ0n) is 15.6. The number of rotatable bonds is 5. The van der Waals surface area contributed by atoms with Crippen molar-refractivity contribution in [2.75, 3.05) is 0 Å². The molecule has 0 fully saturated rings. The smallest absolute Gasteiger partial charge is 0.287 e. The molecule has 5 nitrogen and oxygen atoms in total. The minimum atomic E-state index is -2.71. The first kappa shape index (κ1) is 20.0. The Labute approximate surface area is 177 Å². The number of imidazole rings is 1. The summed E-state index contributed by atoms with van der Waals surface area (Å²) in [4.78, 5) is 22.0. The van der Waals surface area contributed by atoms with Crippen molar-refractivity contribution in [3.05, 3.63) is 63.1 Å². The van der Waals surface area contributed by atoms with Gasteiger partial charge >= 0.3 is 6.55 Å². The highest BCUT2D eigenvalue weighted by molar-refractivity contribution is 9.10. The van der Waals surface area contributed by atoms with Gasteiger partial charge in [0, 0.05) is 11.0 Å². The number of nitrogens with zero attached hydrogens (tertiary/aromatic N) is 4. The molecule has 0 saturated carbocycles. The van der Waals surface area contributed by atoms with E-state index in [9.17, 15) is 13.6 Å². The number of aromatic nitrogens is 4. The minimum absolute atomic E-state index is 0.157. The standard InChI is InChI=1S/C20H17BrF2N4OS/c1-3-26-18(28)13-10-12(21)8-9-14(13)25-20(26)29-11(2)17-24-15-6-4-5-7-16(15)27(17)19(22)23/h4-11,19H,3H2,1-2H3. The van der Waals surface area contributed by atoms with E-state index in [-0.39, 0.29) is 11.4 Å². The summed E-state index contributed by atoms with van der Waals surface area (Å²) in [5.74, 6) is 0.249. The molecule has 0 aliphatic heterocycles. The summed E-state index contributed by atoms with van der Waals surface area (Å²) in [6.07, 6.45) is 0. The van der Waals surface area contributed by atoms with Crippen LogP contribution in [0.5, 0.6) is 0 Å². The highest BCUT2D eigenvalue weighted by Gasteiger charge is 2.24. The minimum Gasteiger partial charge on any atom is -0.287 e. The lowest BCUT2D eigenvalue weighted by Crippen LogP contribution is -2.22. The Morgan fingerprint density at radius 3 is 2.62 bits per heavy atom. The van der Waals surface area contributed by atoms with E-state index >= 15 is 0 Å².